The molecule has 0 radical (unpaired) electrons. The minimum absolute atomic E-state index is 0.0234. The van der Waals surface area contributed by atoms with Crippen LogP contribution in [0.25, 0.3) is 0 Å². The smallest absolute Gasteiger partial charge is 0.265 e. The number of carbonyl (C=O) groups excluding carboxylic acids is 2. The van der Waals surface area contributed by atoms with Gasteiger partial charge in [-0.2, -0.15) is 0 Å². The summed E-state index contributed by atoms with van der Waals surface area (Å²) in [4.78, 5) is 31.3. The zero-order valence-corrected chi connectivity index (χ0v) is 20.4. The summed E-state index contributed by atoms with van der Waals surface area (Å²) in [7, 11) is 0. The Labute approximate surface area is 201 Å². The highest BCUT2D eigenvalue weighted by Crippen LogP contribution is 2.36. The zero-order chi connectivity index (χ0) is 23.6. The van der Waals surface area contributed by atoms with Crippen LogP contribution in [0.3, 0.4) is 0 Å². The summed E-state index contributed by atoms with van der Waals surface area (Å²) in [6.07, 6.45) is 1.05. The van der Waals surface area contributed by atoms with Crippen molar-refractivity contribution in [3.8, 4) is 5.75 Å². The van der Waals surface area contributed by atoms with Crippen molar-refractivity contribution < 1.29 is 14.3 Å². The first kappa shape index (κ1) is 23.4. The minimum atomic E-state index is -0.0591. The second-order valence-electron chi connectivity index (χ2n) is 9.72. The van der Waals surface area contributed by atoms with Crippen LogP contribution in [-0.2, 0) is 15.0 Å². The fraction of sp³-hybridized carbons (Fsp3) is 0.462. The maximum absolute atomic E-state index is 12.8. The summed E-state index contributed by atoms with van der Waals surface area (Å²) in [6.45, 7) is 9.96. The number of anilines is 2. The fourth-order valence-electron chi connectivity index (χ4n) is 4.35. The molecule has 176 valence electrons. The standard InChI is InChI=1S/C26H32ClN3O3/c1-26(2,3)19-9-10-23-22(16-19)30(25(32)18-33-23)11-5-8-24(31)29-14-12-28(13-15-29)21-7-4-6-20(27)17-21/h4,6-7,9-10,16-17H,5,8,11-15,18H2,1-3H3. The molecule has 0 saturated carbocycles. The Bertz CT molecular complexity index is 1030. The van der Waals surface area contributed by atoms with Gasteiger partial charge in [-0.3, -0.25) is 9.59 Å². The van der Waals surface area contributed by atoms with E-state index < -0.39 is 0 Å². The summed E-state index contributed by atoms with van der Waals surface area (Å²) in [5.74, 6) is 0.812. The molecule has 2 aliphatic rings. The van der Waals surface area contributed by atoms with Crippen LogP contribution < -0.4 is 14.5 Å². The molecule has 0 aromatic heterocycles. The molecule has 0 bridgehead atoms. The van der Waals surface area contributed by atoms with E-state index in [0.717, 1.165) is 40.8 Å². The average Bonchev–Trinajstić information content (AvgIpc) is 2.79. The third-order valence-electron chi connectivity index (χ3n) is 6.35. The molecule has 6 nitrogen and oxygen atoms in total. The predicted molar refractivity (Wildman–Crippen MR) is 132 cm³/mol. The molecular formula is C26H32ClN3O3. The lowest BCUT2D eigenvalue weighted by Crippen LogP contribution is -2.49. The third kappa shape index (κ3) is 5.44. The maximum atomic E-state index is 12.8. The molecule has 2 heterocycles. The normalized spacial score (nSPS) is 16.5. The molecule has 4 rings (SSSR count). The highest BCUT2D eigenvalue weighted by Gasteiger charge is 2.28. The van der Waals surface area contributed by atoms with Crippen LogP contribution in [0.1, 0.15) is 39.2 Å². The molecule has 7 heteroatoms. The number of benzene rings is 2. The van der Waals surface area contributed by atoms with Crippen molar-refractivity contribution in [3.63, 3.8) is 0 Å². The monoisotopic (exact) mass is 469 g/mol. The molecular weight excluding hydrogens is 438 g/mol. The Kier molecular flexibility index (Phi) is 6.84. The van der Waals surface area contributed by atoms with E-state index in [0.29, 0.717) is 32.5 Å². The molecule has 2 aromatic carbocycles. The van der Waals surface area contributed by atoms with E-state index in [-0.39, 0.29) is 23.8 Å². The summed E-state index contributed by atoms with van der Waals surface area (Å²) < 4.78 is 5.63. The van der Waals surface area contributed by atoms with Crippen LogP contribution in [0.4, 0.5) is 11.4 Å². The number of rotatable bonds is 5. The molecule has 2 aliphatic heterocycles. The Morgan fingerprint density at radius 1 is 1.06 bits per heavy atom. The zero-order valence-electron chi connectivity index (χ0n) is 19.6. The van der Waals surface area contributed by atoms with E-state index in [1.165, 1.54) is 0 Å². The lowest BCUT2D eigenvalue weighted by Gasteiger charge is -2.36. The first-order chi connectivity index (χ1) is 15.7. The number of nitrogens with zero attached hydrogens (tertiary/aromatic N) is 3. The van der Waals surface area contributed by atoms with Gasteiger partial charge in [-0.05, 0) is 47.7 Å². The van der Waals surface area contributed by atoms with Gasteiger partial charge in [-0.15, -0.1) is 0 Å². The molecule has 2 amide bonds. The SMILES string of the molecule is CC(C)(C)c1ccc2c(c1)N(CCCC(=O)N1CCN(c3cccc(Cl)c3)CC1)C(=O)CO2. The Morgan fingerprint density at radius 2 is 1.82 bits per heavy atom. The van der Waals surface area contributed by atoms with E-state index in [1.807, 2.05) is 41.3 Å². The van der Waals surface area contributed by atoms with E-state index in [1.54, 1.807) is 4.90 Å². The van der Waals surface area contributed by atoms with Crippen molar-refractivity contribution in [2.75, 3.05) is 49.1 Å². The average molecular weight is 470 g/mol. The van der Waals surface area contributed by atoms with Gasteiger partial charge in [0.25, 0.3) is 5.91 Å². The van der Waals surface area contributed by atoms with Crippen LogP contribution in [0.5, 0.6) is 5.75 Å². The number of carbonyl (C=O) groups is 2. The predicted octanol–water partition coefficient (Wildman–Crippen LogP) is 4.49. The topological polar surface area (TPSA) is 53.1 Å². The fourth-order valence-corrected chi connectivity index (χ4v) is 4.53. The molecule has 0 unspecified atom stereocenters. The van der Waals surface area contributed by atoms with Gasteiger partial charge < -0.3 is 19.4 Å². The summed E-state index contributed by atoms with van der Waals surface area (Å²) in [5.41, 5.74) is 3.03. The van der Waals surface area contributed by atoms with Crippen LogP contribution in [0, 0.1) is 0 Å². The number of halogens is 1. The Hall–Kier alpha value is -2.73. The molecule has 0 aliphatic carbocycles. The summed E-state index contributed by atoms with van der Waals surface area (Å²) >= 11 is 6.11. The van der Waals surface area contributed by atoms with Crippen molar-refractivity contribution in [2.24, 2.45) is 0 Å². The molecule has 33 heavy (non-hydrogen) atoms. The largest absolute Gasteiger partial charge is 0.482 e. The van der Waals surface area contributed by atoms with Crippen molar-refractivity contribution in [1.29, 1.82) is 0 Å². The van der Waals surface area contributed by atoms with Crippen molar-refractivity contribution in [3.05, 3.63) is 53.1 Å². The third-order valence-corrected chi connectivity index (χ3v) is 6.58. The van der Waals surface area contributed by atoms with Gasteiger partial charge in [0.05, 0.1) is 5.69 Å². The van der Waals surface area contributed by atoms with E-state index in [2.05, 4.69) is 31.7 Å². The summed E-state index contributed by atoms with van der Waals surface area (Å²) in [6, 6.07) is 13.9. The second kappa shape index (κ2) is 9.64. The van der Waals surface area contributed by atoms with Crippen LogP contribution in [-0.4, -0.2) is 56.0 Å². The highest BCUT2D eigenvalue weighted by molar-refractivity contribution is 6.30. The highest BCUT2D eigenvalue weighted by atomic mass is 35.5. The van der Waals surface area contributed by atoms with Gasteiger partial charge >= 0.3 is 0 Å². The van der Waals surface area contributed by atoms with Crippen molar-refractivity contribution in [1.82, 2.24) is 4.90 Å². The minimum Gasteiger partial charge on any atom is -0.482 e. The van der Waals surface area contributed by atoms with Gasteiger partial charge in [-0.1, -0.05) is 44.5 Å². The number of ether oxygens (including phenoxy) is 1. The molecule has 0 atom stereocenters. The number of amides is 2. The molecule has 1 fully saturated rings. The van der Waals surface area contributed by atoms with E-state index in [9.17, 15) is 9.59 Å². The van der Waals surface area contributed by atoms with Crippen molar-refractivity contribution in [2.45, 2.75) is 39.0 Å². The molecule has 0 spiro atoms. The molecule has 0 N–H and O–H groups in total. The Morgan fingerprint density at radius 3 is 2.52 bits per heavy atom. The molecule has 1 saturated heterocycles. The summed E-state index contributed by atoms with van der Waals surface area (Å²) in [5, 5.41) is 0.722. The van der Waals surface area contributed by atoms with Crippen LogP contribution in [0.2, 0.25) is 5.02 Å². The maximum Gasteiger partial charge on any atom is 0.265 e. The number of hydrogen-bond acceptors (Lipinski definition) is 4. The van der Waals surface area contributed by atoms with Gasteiger partial charge in [-0.25, -0.2) is 0 Å². The lowest BCUT2D eigenvalue weighted by atomic mass is 9.86. The van der Waals surface area contributed by atoms with Crippen molar-refractivity contribution >= 4 is 34.8 Å². The van der Waals surface area contributed by atoms with Gasteiger partial charge in [0.2, 0.25) is 5.91 Å². The second-order valence-corrected chi connectivity index (χ2v) is 10.2. The van der Waals surface area contributed by atoms with E-state index >= 15 is 0 Å². The van der Waals surface area contributed by atoms with Gasteiger partial charge in [0, 0.05) is 49.9 Å². The quantitative estimate of drug-likeness (QED) is 0.647. The first-order valence-electron chi connectivity index (χ1n) is 11.6. The Balaban J connectivity index is 1.32. The number of piperazine rings is 1. The van der Waals surface area contributed by atoms with Gasteiger partial charge in [0.15, 0.2) is 6.61 Å². The van der Waals surface area contributed by atoms with Gasteiger partial charge in [0.1, 0.15) is 5.75 Å². The lowest BCUT2D eigenvalue weighted by molar-refractivity contribution is -0.131. The van der Waals surface area contributed by atoms with Crippen LogP contribution in [0.15, 0.2) is 42.5 Å². The number of fused-ring (bicyclic) bond motifs is 1. The van der Waals surface area contributed by atoms with E-state index in [4.69, 9.17) is 16.3 Å². The first-order valence-corrected chi connectivity index (χ1v) is 12.0. The number of hydrogen-bond donors (Lipinski definition) is 0. The molecule has 2 aromatic rings. The van der Waals surface area contributed by atoms with Crippen LogP contribution >= 0.6 is 11.6 Å².